The van der Waals surface area contributed by atoms with Crippen LogP contribution in [0.1, 0.15) is 38.7 Å². The topological polar surface area (TPSA) is 9.23 Å². The highest BCUT2D eigenvalue weighted by molar-refractivity contribution is 5.13. The van der Waals surface area contributed by atoms with Gasteiger partial charge in [-0.15, -0.1) is 6.58 Å². The number of rotatable bonds is 8. The predicted molar refractivity (Wildman–Crippen MR) is 73.9 cm³/mol. The Morgan fingerprint density at radius 3 is 2.59 bits per heavy atom. The van der Waals surface area contributed by atoms with E-state index in [1.807, 2.05) is 18.2 Å². The third-order valence-electron chi connectivity index (χ3n) is 3.00. The molecule has 1 nitrogen and oxygen atoms in total. The van der Waals surface area contributed by atoms with Crippen LogP contribution in [0.15, 0.2) is 43.0 Å². The van der Waals surface area contributed by atoms with Crippen molar-refractivity contribution < 1.29 is 4.74 Å². The molecule has 0 radical (unpaired) electrons. The smallest absolute Gasteiger partial charge is 0.0720 e. The molecule has 1 rings (SSSR count). The minimum absolute atomic E-state index is 0.296. The third-order valence-corrected chi connectivity index (χ3v) is 3.00. The minimum Gasteiger partial charge on any atom is -0.374 e. The Labute approximate surface area is 106 Å². The van der Waals surface area contributed by atoms with E-state index in [4.69, 9.17) is 4.74 Å². The van der Waals surface area contributed by atoms with Gasteiger partial charge in [-0.2, -0.15) is 0 Å². The van der Waals surface area contributed by atoms with Gasteiger partial charge in [-0.3, -0.25) is 0 Å². The standard InChI is InChI=1S/C16H24O/c1-4-9-15(5-2)12-14(3)17-13-16-10-7-6-8-11-16/h5-8,10-11,14-15H,2,4,9,12-13H2,1,3H3/t14-,15+/m0/s1. The average Bonchev–Trinajstić information content (AvgIpc) is 2.37. The number of allylic oxidation sites excluding steroid dienone is 1. The summed E-state index contributed by atoms with van der Waals surface area (Å²) in [5.41, 5.74) is 1.24. The molecule has 1 aromatic rings. The first kappa shape index (κ1) is 14.0. The molecule has 0 amide bonds. The fourth-order valence-corrected chi connectivity index (χ4v) is 2.01. The summed E-state index contributed by atoms with van der Waals surface area (Å²) in [5.74, 6) is 0.589. The summed E-state index contributed by atoms with van der Waals surface area (Å²) >= 11 is 0. The molecule has 17 heavy (non-hydrogen) atoms. The van der Waals surface area contributed by atoms with Crippen molar-refractivity contribution in [3.05, 3.63) is 48.6 Å². The van der Waals surface area contributed by atoms with Crippen LogP contribution in [0.3, 0.4) is 0 Å². The van der Waals surface area contributed by atoms with E-state index >= 15 is 0 Å². The van der Waals surface area contributed by atoms with Crippen LogP contribution in [0.25, 0.3) is 0 Å². The summed E-state index contributed by atoms with van der Waals surface area (Å²) < 4.78 is 5.86. The van der Waals surface area contributed by atoms with Crippen molar-refractivity contribution in [1.82, 2.24) is 0 Å². The largest absolute Gasteiger partial charge is 0.374 e. The molecular formula is C16H24O. The summed E-state index contributed by atoms with van der Waals surface area (Å²) in [5, 5.41) is 0. The number of hydrogen-bond donors (Lipinski definition) is 0. The van der Waals surface area contributed by atoms with Gasteiger partial charge in [0.25, 0.3) is 0 Å². The van der Waals surface area contributed by atoms with Gasteiger partial charge in [0.2, 0.25) is 0 Å². The van der Waals surface area contributed by atoms with Gasteiger partial charge in [-0.05, 0) is 31.2 Å². The van der Waals surface area contributed by atoms with Gasteiger partial charge in [0.05, 0.1) is 12.7 Å². The molecular weight excluding hydrogens is 208 g/mol. The lowest BCUT2D eigenvalue weighted by molar-refractivity contribution is 0.0398. The molecule has 0 fully saturated rings. The molecule has 0 aliphatic heterocycles. The molecule has 94 valence electrons. The van der Waals surface area contributed by atoms with Crippen LogP contribution < -0.4 is 0 Å². The zero-order valence-electron chi connectivity index (χ0n) is 11.1. The molecule has 0 aliphatic carbocycles. The highest BCUT2D eigenvalue weighted by Crippen LogP contribution is 2.17. The van der Waals surface area contributed by atoms with Gasteiger partial charge in [-0.25, -0.2) is 0 Å². The molecule has 0 heterocycles. The Morgan fingerprint density at radius 1 is 1.29 bits per heavy atom. The van der Waals surface area contributed by atoms with Crippen LogP contribution >= 0.6 is 0 Å². The highest BCUT2D eigenvalue weighted by Gasteiger charge is 2.09. The molecule has 0 unspecified atom stereocenters. The van der Waals surface area contributed by atoms with Crippen molar-refractivity contribution in [1.29, 1.82) is 0 Å². The molecule has 1 heteroatoms. The second kappa shape index (κ2) is 8.08. The van der Waals surface area contributed by atoms with Gasteiger partial charge in [0.15, 0.2) is 0 Å². The molecule has 0 saturated carbocycles. The Balaban J connectivity index is 2.29. The molecule has 0 saturated heterocycles. The molecule has 2 atom stereocenters. The SMILES string of the molecule is C=C[C@H](CCC)C[C@H](C)OCc1ccccc1. The van der Waals surface area contributed by atoms with E-state index in [1.54, 1.807) is 0 Å². The summed E-state index contributed by atoms with van der Waals surface area (Å²) in [6, 6.07) is 10.3. The second-order valence-electron chi connectivity index (χ2n) is 4.63. The van der Waals surface area contributed by atoms with Crippen molar-refractivity contribution in [2.75, 3.05) is 0 Å². The first-order valence-corrected chi connectivity index (χ1v) is 6.54. The fourth-order valence-electron chi connectivity index (χ4n) is 2.01. The Morgan fingerprint density at radius 2 is 2.00 bits per heavy atom. The van der Waals surface area contributed by atoms with Gasteiger partial charge in [0, 0.05) is 0 Å². The molecule has 0 N–H and O–H groups in total. The van der Waals surface area contributed by atoms with Crippen molar-refractivity contribution >= 4 is 0 Å². The summed E-state index contributed by atoms with van der Waals surface area (Å²) in [6.07, 6.45) is 5.85. The molecule has 0 spiro atoms. The van der Waals surface area contributed by atoms with Crippen LogP contribution in [0.2, 0.25) is 0 Å². The lowest BCUT2D eigenvalue weighted by Gasteiger charge is -2.18. The van der Waals surface area contributed by atoms with Crippen LogP contribution in [0.4, 0.5) is 0 Å². The van der Waals surface area contributed by atoms with E-state index in [9.17, 15) is 0 Å². The van der Waals surface area contributed by atoms with Crippen molar-refractivity contribution in [2.24, 2.45) is 5.92 Å². The summed E-state index contributed by atoms with van der Waals surface area (Å²) in [6.45, 7) is 8.96. The summed E-state index contributed by atoms with van der Waals surface area (Å²) in [7, 11) is 0. The van der Waals surface area contributed by atoms with Crippen LogP contribution in [-0.4, -0.2) is 6.10 Å². The predicted octanol–water partition coefficient (Wildman–Crippen LogP) is 4.58. The van der Waals surface area contributed by atoms with E-state index in [0.717, 1.165) is 6.42 Å². The fraction of sp³-hybridized carbons (Fsp3) is 0.500. The van der Waals surface area contributed by atoms with Gasteiger partial charge >= 0.3 is 0 Å². The van der Waals surface area contributed by atoms with Gasteiger partial charge in [0.1, 0.15) is 0 Å². The molecule has 0 aromatic heterocycles. The Kier molecular flexibility index (Phi) is 6.64. The zero-order valence-corrected chi connectivity index (χ0v) is 11.1. The lowest BCUT2D eigenvalue weighted by atomic mass is 9.97. The second-order valence-corrected chi connectivity index (χ2v) is 4.63. The van der Waals surface area contributed by atoms with E-state index in [1.165, 1.54) is 18.4 Å². The zero-order chi connectivity index (χ0) is 12.5. The number of hydrogen-bond acceptors (Lipinski definition) is 1. The first-order chi connectivity index (χ1) is 8.26. The van der Waals surface area contributed by atoms with Crippen LogP contribution in [0, 0.1) is 5.92 Å². The van der Waals surface area contributed by atoms with E-state index in [0.29, 0.717) is 18.6 Å². The molecule has 0 aliphatic rings. The maximum atomic E-state index is 5.86. The molecule has 1 aromatic carbocycles. The normalized spacial score (nSPS) is 14.2. The first-order valence-electron chi connectivity index (χ1n) is 6.54. The highest BCUT2D eigenvalue weighted by atomic mass is 16.5. The van der Waals surface area contributed by atoms with Crippen LogP contribution in [-0.2, 0) is 11.3 Å². The van der Waals surface area contributed by atoms with Crippen LogP contribution in [0.5, 0.6) is 0 Å². The maximum Gasteiger partial charge on any atom is 0.0720 e. The van der Waals surface area contributed by atoms with E-state index < -0.39 is 0 Å². The summed E-state index contributed by atoms with van der Waals surface area (Å²) in [4.78, 5) is 0. The Hall–Kier alpha value is -1.08. The van der Waals surface area contributed by atoms with Gasteiger partial charge in [-0.1, -0.05) is 49.8 Å². The van der Waals surface area contributed by atoms with E-state index in [-0.39, 0.29) is 0 Å². The maximum absolute atomic E-state index is 5.86. The van der Waals surface area contributed by atoms with E-state index in [2.05, 4.69) is 38.6 Å². The van der Waals surface area contributed by atoms with Gasteiger partial charge < -0.3 is 4.74 Å². The quantitative estimate of drug-likeness (QED) is 0.596. The minimum atomic E-state index is 0.296. The van der Waals surface area contributed by atoms with Crippen molar-refractivity contribution in [3.63, 3.8) is 0 Å². The average molecular weight is 232 g/mol. The number of benzene rings is 1. The van der Waals surface area contributed by atoms with Crippen molar-refractivity contribution in [2.45, 2.75) is 45.8 Å². The van der Waals surface area contributed by atoms with Crippen molar-refractivity contribution in [3.8, 4) is 0 Å². The lowest BCUT2D eigenvalue weighted by Crippen LogP contribution is -2.13. The monoisotopic (exact) mass is 232 g/mol. The molecule has 0 bridgehead atoms. The Bertz CT molecular complexity index is 305. The number of ether oxygens (including phenoxy) is 1. The third kappa shape index (κ3) is 5.69.